The van der Waals surface area contributed by atoms with Gasteiger partial charge in [0.15, 0.2) is 5.75 Å². The molecule has 0 radical (unpaired) electrons. The summed E-state index contributed by atoms with van der Waals surface area (Å²) in [5.41, 5.74) is -4.49. The molecule has 0 spiro atoms. The summed E-state index contributed by atoms with van der Waals surface area (Å²) in [5.74, 6) is -3.61. The van der Waals surface area contributed by atoms with Crippen molar-refractivity contribution in [1.82, 2.24) is 10.6 Å². The zero-order valence-corrected chi connectivity index (χ0v) is 14.1. The van der Waals surface area contributed by atoms with Crippen LogP contribution in [0.3, 0.4) is 0 Å². The lowest BCUT2D eigenvalue weighted by Crippen LogP contribution is -2.44. The maximum Gasteiger partial charge on any atom is 0.417 e. The van der Waals surface area contributed by atoms with Gasteiger partial charge in [-0.1, -0.05) is 12.8 Å². The molecule has 1 aromatic rings. The standard InChI is InChI=1S/C15H16F3N3O6/c1-27-9-6-8(15(16,17)18)10(11(12(9)22)21(25)26)13(23)20-14(24)19-7-4-2-3-5-7/h6-7H,2-5H2,1H3,(H3-,19,20,22,23,24,25,26)/p+1. The van der Waals surface area contributed by atoms with Crippen molar-refractivity contribution in [3.8, 4) is 11.5 Å². The van der Waals surface area contributed by atoms with E-state index in [1.165, 1.54) is 0 Å². The molecule has 0 aromatic heterocycles. The van der Waals surface area contributed by atoms with Gasteiger partial charge >= 0.3 is 17.9 Å². The van der Waals surface area contributed by atoms with Gasteiger partial charge in [0, 0.05) is 6.04 Å². The fraction of sp³-hybridized carbons (Fsp3) is 0.467. The van der Waals surface area contributed by atoms with Crippen LogP contribution in [0.2, 0.25) is 0 Å². The van der Waals surface area contributed by atoms with Gasteiger partial charge in [-0.2, -0.15) is 13.2 Å². The molecule has 3 amide bonds. The zero-order valence-electron chi connectivity index (χ0n) is 14.1. The summed E-state index contributed by atoms with van der Waals surface area (Å²) >= 11 is 0. The Kier molecular flexibility index (Phi) is 5.76. The number of methoxy groups -OCH3 is 1. The largest absolute Gasteiger partial charge is 0.499 e. The number of ether oxygens (including phenoxy) is 1. The number of urea groups is 1. The Morgan fingerprint density at radius 2 is 1.89 bits per heavy atom. The van der Waals surface area contributed by atoms with E-state index in [-0.39, 0.29) is 12.1 Å². The van der Waals surface area contributed by atoms with Crippen molar-refractivity contribution in [2.75, 3.05) is 7.11 Å². The van der Waals surface area contributed by atoms with Crippen LogP contribution in [0.25, 0.3) is 0 Å². The van der Waals surface area contributed by atoms with Crippen LogP contribution in [-0.2, 0) is 6.18 Å². The average molecular weight is 392 g/mol. The third kappa shape index (κ3) is 4.38. The number of carbonyl (C=O) groups is 2. The van der Waals surface area contributed by atoms with Crippen LogP contribution in [0.1, 0.15) is 41.6 Å². The van der Waals surface area contributed by atoms with Crippen molar-refractivity contribution in [3.05, 3.63) is 22.1 Å². The number of hydrogen-bond donors (Lipinski definition) is 4. The molecule has 0 aliphatic heterocycles. The second kappa shape index (κ2) is 7.68. The molecule has 27 heavy (non-hydrogen) atoms. The topological polar surface area (TPSA) is 128 Å². The summed E-state index contributed by atoms with van der Waals surface area (Å²) in [7, 11) is 0.917. The summed E-state index contributed by atoms with van der Waals surface area (Å²) in [6.45, 7) is 0. The van der Waals surface area contributed by atoms with E-state index in [4.69, 9.17) is 5.21 Å². The van der Waals surface area contributed by atoms with Crippen molar-refractivity contribution in [2.24, 2.45) is 0 Å². The highest BCUT2D eigenvalue weighted by atomic mass is 19.4. The molecule has 1 aromatic carbocycles. The minimum Gasteiger partial charge on any atom is -0.499 e. The summed E-state index contributed by atoms with van der Waals surface area (Å²) in [6, 6.07) is -0.999. The number of halogens is 3. The number of rotatable bonds is 4. The fourth-order valence-corrected chi connectivity index (χ4v) is 2.89. The van der Waals surface area contributed by atoms with Crippen LogP contribution >= 0.6 is 0 Å². The van der Waals surface area contributed by atoms with Gasteiger partial charge in [0.05, 0.1) is 17.6 Å². The molecule has 0 heterocycles. The highest BCUT2D eigenvalue weighted by molar-refractivity contribution is 6.08. The van der Waals surface area contributed by atoms with E-state index in [9.17, 15) is 32.8 Å². The van der Waals surface area contributed by atoms with Gasteiger partial charge < -0.3 is 15.2 Å². The van der Waals surface area contributed by atoms with E-state index in [0.717, 1.165) is 20.0 Å². The molecule has 9 nitrogen and oxygen atoms in total. The normalized spacial score (nSPS) is 14.7. The van der Waals surface area contributed by atoms with Crippen molar-refractivity contribution in [1.29, 1.82) is 0 Å². The van der Waals surface area contributed by atoms with Crippen molar-refractivity contribution in [3.63, 3.8) is 0 Å². The second-order valence-corrected chi connectivity index (χ2v) is 5.88. The number of amides is 3. The third-order valence-corrected chi connectivity index (χ3v) is 4.10. The number of phenolic OH excluding ortho intramolecular Hbond substituents is 1. The van der Waals surface area contributed by atoms with Crippen LogP contribution < -0.4 is 15.4 Å². The monoisotopic (exact) mass is 392 g/mol. The summed E-state index contributed by atoms with van der Waals surface area (Å²) in [4.78, 5) is 34.4. The molecule has 2 rings (SSSR count). The van der Waals surface area contributed by atoms with Crippen LogP contribution in [0.4, 0.5) is 23.7 Å². The number of carbonyl (C=O) groups excluding carboxylic acids is 2. The van der Waals surface area contributed by atoms with Gasteiger partial charge in [-0.3, -0.25) is 10.1 Å². The van der Waals surface area contributed by atoms with Gasteiger partial charge in [0.2, 0.25) is 5.75 Å². The zero-order chi connectivity index (χ0) is 20.4. The Morgan fingerprint density at radius 3 is 2.37 bits per heavy atom. The number of alkyl halides is 3. The number of nitrogens with one attached hydrogen (secondary N) is 2. The fourth-order valence-electron chi connectivity index (χ4n) is 2.89. The highest BCUT2D eigenvalue weighted by Crippen LogP contribution is 2.45. The summed E-state index contributed by atoms with van der Waals surface area (Å²) in [6.07, 6.45) is -2.10. The number of aromatic hydroxyl groups is 1. The molecule has 1 aliphatic carbocycles. The maximum atomic E-state index is 13.3. The van der Waals surface area contributed by atoms with E-state index in [1.807, 2.05) is 0 Å². The first-order chi connectivity index (χ1) is 12.6. The number of imide groups is 1. The minimum atomic E-state index is -5.15. The SMILES string of the molecule is COc1cc(C(F)(F)F)c(C(=O)NC(=O)NC2CCCC2)c([N+](=O)O)c1O. The van der Waals surface area contributed by atoms with E-state index in [1.54, 1.807) is 5.32 Å². The number of hydrogen-bond acceptors (Lipinski definition) is 5. The molecule has 4 N–H and O–H groups in total. The highest BCUT2D eigenvalue weighted by Gasteiger charge is 2.44. The lowest BCUT2D eigenvalue weighted by molar-refractivity contribution is -0.730. The Morgan fingerprint density at radius 1 is 1.30 bits per heavy atom. The molecule has 0 bridgehead atoms. The van der Waals surface area contributed by atoms with Crippen LogP contribution in [-0.4, -0.2) is 40.3 Å². The third-order valence-electron chi connectivity index (χ3n) is 4.10. The number of nitrogens with zero attached hydrogens (tertiary/aromatic N) is 1. The first-order valence-electron chi connectivity index (χ1n) is 7.85. The molecule has 1 saturated carbocycles. The van der Waals surface area contributed by atoms with Gasteiger partial charge in [-0.25, -0.2) is 10.0 Å². The molecular weight excluding hydrogens is 375 g/mol. The Labute approximate surface area is 150 Å². The summed E-state index contributed by atoms with van der Waals surface area (Å²) in [5, 5.41) is 23.1. The molecular formula is C15H17F3N3O6+. The quantitative estimate of drug-likeness (QED) is 0.583. The Balaban J connectivity index is 2.45. The van der Waals surface area contributed by atoms with Crippen LogP contribution in [0, 0.1) is 4.91 Å². The number of phenols is 1. The van der Waals surface area contributed by atoms with E-state index < -0.39 is 51.4 Å². The van der Waals surface area contributed by atoms with Crippen molar-refractivity contribution < 1.29 is 42.7 Å². The summed E-state index contributed by atoms with van der Waals surface area (Å²) < 4.78 is 44.6. The van der Waals surface area contributed by atoms with Gasteiger partial charge in [0.1, 0.15) is 5.56 Å². The van der Waals surface area contributed by atoms with Gasteiger partial charge in [0.25, 0.3) is 10.8 Å². The smallest absolute Gasteiger partial charge is 0.417 e. The molecule has 1 aliphatic rings. The lowest BCUT2D eigenvalue weighted by Gasteiger charge is -2.16. The maximum absolute atomic E-state index is 13.3. The van der Waals surface area contributed by atoms with Crippen LogP contribution in [0.5, 0.6) is 11.5 Å². The van der Waals surface area contributed by atoms with Crippen molar-refractivity contribution in [2.45, 2.75) is 37.9 Å². The van der Waals surface area contributed by atoms with E-state index in [0.29, 0.717) is 12.8 Å². The first kappa shape index (κ1) is 20.3. The van der Waals surface area contributed by atoms with Crippen LogP contribution in [0.15, 0.2) is 6.07 Å². The Bertz CT molecular complexity index is 775. The molecule has 1 fully saturated rings. The molecule has 12 heteroatoms. The average Bonchev–Trinajstić information content (AvgIpc) is 3.05. The number of benzene rings is 1. The minimum absolute atomic E-state index is 0.225. The molecule has 0 unspecified atom stereocenters. The first-order valence-corrected chi connectivity index (χ1v) is 7.85. The molecule has 148 valence electrons. The second-order valence-electron chi connectivity index (χ2n) is 5.88. The predicted octanol–water partition coefficient (Wildman–Crippen LogP) is 2.60. The van der Waals surface area contributed by atoms with Crippen molar-refractivity contribution >= 4 is 17.6 Å². The molecule has 0 saturated heterocycles. The predicted molar refractivity (Wildman–Crippen MR) is 83.0 cm³/mol. The van der Waals surface area contributed by atoms with Gasteiger partial charge in [-0.05, 0) is 18.9 Å². The van der Waals surface area contributed by atoms with E-state index >= 15 is 0 Å². The lowest BCUT2D eigenvalue weighted by atomic mass is 10.0. The Hall–Kier alpha value is -3.05. The van der Waals surface area contributed by atoms with E-state index in [2.05, 4.69) is 10.1 Å². The molecule has 0 atom stereocenters. The van der Waals surface area contributed by atoms with Gasteiger partial charge in [-0.15, -0.1) is 0 Å².